The highest BCUT2D eigenvalue weighted by atomic mass is 16.4. The molecule has 0 spiro atoms. The Morgan fingerprint density at radius 3 is 2.07 bits per heavy atom. The third kappa shape index (κ3) is 1.28. The van der Waals surface area contributed by atoms with Gasteiger partial charge in [0.25, 0.3) is 0 Å². The van der Waals surface area contributed by atoms with Gasteiger partial charge in [-0.15, -0.1) is 0 Å². The lowest BCUT2D eigenvalue weighted by atomic mass is 9.76. The second-order valence-electron chi connectivity index (χ2n) is 4.35. The summed E-state index contributed by atoms with van der Waals surface area (Å²) in [5.41, 5.74) is 3.87. The number of nitrogens with one attached hydrogen (secondary N) is 1. The summed E-state index contributed by atoms with van der Waals surface area (Å²) in [6.45, 7) is 0. The van der Waals surface area contributed by atoms with Gasteiger partial charge in [-0.2, -0.15) is 0 Å². The molecule has 2 aliphatic carbocycles. The second-order valence-corrected chi connectivity index (χ2v) is 4.35. The average molecular weight is 198 g/mol. The highest BCUT2D eigenvalue weighted by Crippen LogP contribution is 2.36. The Morgan fingerprint density at radius 1 is 1.21 bits per heavy atom. The maximum atomic E-state index is 11.5. The average Bonchev–Trinajstić information content (AvgIpc) is 2.76. The highest BCUT2D eigenvalue weighted by Gasteiger charge is 2.52. The zero-order valence-corrected chi connectivity index (χ0v) is 7.88. The number of carboxylic acids is 1. The van der Waals surface area contributed by atoms with Gasteiger partial charge in [-0.3, -0.25) is 4.79 Å². The standard InChI is InChI=1S/C9H14N2O3/c10-8(4-5-8)6(12)11-9(7(13)14)2-1-3-9/h1-5,10H2,(H,11,12)(H,13,14). The van der Waals surface area contributed by atoms with Crippen molar-refractivity contribution in [2.75, 3.05) is 0 Å². The van der Waals surface area contributed by atoms with Gasteiger partial charge < -0.3 is 16.2 Å². The van der Waals surface area contributed by atoms with E-state index in [0.29, 0.717) is 25.7 Å². The lowest BCUT2D eigenvalue weighted by Crippen LogP contribution is -2.62. The summed E-state index contributed by atoms with van der Waals surface area (Å²) in [5.74, 6) is -1.25. The summed E-state index contributed by atoms with van der Waals surface area (Å²) in [6, 6.07) is 0. The van der Waals surface area contributed by atoms with Gasteiger partial charge >= 0.3 is 5.97 Å². The molecule has 0 bridgehead atoms. The third-order valence-corrected chi connectivity index (χ3v) is 3.21. The first-order chi connectivity index (χ1) is 6.49. The van der Waals surface area contributed by atoms with Crippen molar-refractivity contribution in [3.63, 3.8) is 0 Å². The smallest absolute Gasteiger partial charge is 0.329 e. The Hall–Kier alpha value is -1.10. The van der Waals surface area contributed by atoms with Gasteiger partial charge in [-0.25, -0.2) is 4.79 Å². The fraction of sp³-hybridized carbons (Fsp3) is 0.778. The van der Waals surface area contributed by atoms with Gasteiger partial charge in [0.2, 0.25) is 5.91 Å². The van der Waals surface area contributed by atoms with Crippen LogP contribution in [0.4, 0.5) is 0 Å². The molecule has 0 saturated heterocycles. The molecule has 5 heteroatoms. The van der Waals surface area contributed by atoms with E-state index < -0.39 is 17.0 Å². The van der Waals surface area contributed by atoms with E-state index in [1.807, 2.05) is 0 Å². The summed E-state index contributed by atoms with van der Waals surface area (Å²) >= 11 is 0. The van der Waals surface area contributed by atoms with Gasteiger partial charge in [-0.05, 0) is 32.1 Å². The molecule has 0 aliphatic heterocycles. The zero-order valence-electron chi connectivity index (χ0n) is 7.88. The summed E-state index contributed by atoms with van der Waals surface area (Å²) in [7, 11) is 0. The number of carbonyl (C=O) groups is 2. The summed E-state index contributed by atoms with van der Waals surface area (Å²) < 4.78 is 0. The van der Waals surface area contributed by atoms with E-state index in [-0.39, 0.29) is 5.91 Å². The van der Waals surface area contributed by atoms with E-state index in [0.717, 1.165) is 6.42 Å². The number of hydrogen-bond donors (Lipinski definition) is 3. The minimum Gasteiger partial charge on any atom is -0.480 e. The number of amides is 1. The number of aliphatic carboxylic acids is 1. The van der Waals surface area contributed by atoms with E-state index in [9.17, 15) is 9.59 Å². The first-order valence-electron chi connectivity index (χ1n) is 4.83. The van der Waals surface area contributed by atoms with Gasteiger partial charge in [-0.1, -0.05) is 0 Å². The molecule has 2 fully saturated rings. The van der Waals surface area contributed by atoms with Crippen molar-refractivity contribution in [3.05, 3.63) is 0 Å². The van der Waals surface area contributed by atoms with E-state index in [1.54, 1.807) is 0 Å². The van der Waals surface area contributed by atoms with Crippen LogP contribution in [0.1, 0.15) is 32.1 Å². The molecule has 0 aromatic heterocycles. The van der Waals surface area contributed by atoms with Crippen LogP contribution in [0.2, 0.25) is 0 Å². The normalized spacial score (nSPS) is 26.1. The molecule has 0 atom stereocenters. The van der Waals surface area contributed by atoms with Crippen molar-refractivity contribution < 1.29 is 14.7 Å². The molecule has 5 nitrogen and oxygen atoms in total. The van der Waals surface area contributed by atoms with Crippen LogP contribution < -0.4 is 11.1 Å². The van der Waals surface area contributed by atoms with Crippen molar-refractivity contribution >= 4 is 11.9 Å². The zero-order chi connectivity index (χ0) is 10.4. The monoisotopic (exact) mass is 198 g/mol. The Bertz CT molecular complexity index is 292. The molecule has 0 aromatic carbocycles. The summed E-state index contributed by atoms with van der Waals surface area (Å²) in [5, 5.41) is 11.5. The summed E-state index contributed by atoms with van der Waals surface area (Å²) in [6.07, 6.45) is 3.21. The number of carboxylic acid groups (broad SMARTS) is 1. The van der Waals surface area contributed by atoms with Crippen LogP contribution in [0, 0.1) is 0 Å². The molecule has 0 unspecified atom stereocenters. The minimum atomic E-state index is -1.02. The lowest BCUT2D eigenvalue weighted by Gasteiger charge is -2.38. The first-order valence-corrected chi connectivity index (χ1v) is 4.83. The lowest BCUT2D eigenvalue weighted by molar-refractivity contribution is -0.152. The van der Waals surface area contributed by atoms with Crippen LogP contribution in [0.5, 0.6) is 0 Å². The predicted molar refractivity (Wildman–Crippen MR) is 48.5 cm³/mol. The van der Waals surface area contributed by atoms with Crippen LogP contribution in [-0.2, 0) is 9.59 Å². The molecule has 78 valence electrons. The Morgan fingerprint density at radius 2 is 1.79 bits per heavy atom. The van der Waals surface area contributed by atoms with Crippen LogP contribution in [-0.4, -0.2) is 28.1 Å². The predicted octanol–water partition coefficient (Wildman–Crippen LogP) is -0.399. The quantitative estimate of drug-likeness (QED) is 0.575. The van der Waals surface area contributed by atoms with E-state index in [4.69, 9.17) is 10.8 Å². The maximum absolute atomic E-state index is 11.5. The van der Waals surface area contributed by atoms with Gasteiger partial charge in [0.05, 0.1) is 5.54 Å². The van der Waals surface area contributed by atoms with Gasteiger partial charge in [0, 0.05) is 0 Å². The molecule has 0 aromatic rings. The van der Waals surface area contributed by atoms with Crippen molar-refractivity contribution in [3.8, 4) is 0 Å². The Balaban J connectivity index is 2.01. The molecule has 2 saturated carbocycles. The molecular formula is C9H14N2O3. The number of carbonyl (C=O) groups excluding carboxylic acids is 1. The minimum absolute atomic E-state index is 0.306. The number of nitrogens with two attached hydrogens (primary N) is 1. The van der Waals surface area contributed by atoms with Crippen molar-refractivity contribution in [2.45, 2.75) is 43.2 Å². The van der Waals surface area contributed by atoms with Gasteiger partial charge in [0.15, 0.2) is 0 Å². The van der Waals surface area contributed by atoms with Crippen molar-refractivity contribution in [1.82, 2.24) is 5.32 Å². The molecular weight excluding hydrogens is 184 g/mol. The third-order valence-electron chi connectivity index (χ3n) is 3.21. The van der Waals surface area contributed by atoms with Gasteiger partial charge in [0.1, 0.15) is 5.54 Å². The SMILES string of the molecule is NC1(C(=O)NC2(C(=O)O)CCC2)CC1. The molecule has 2 rings (SSSR count). The molecule has 4 N–H and O–H groups in total. The van der Waals surface area contributed by atoms with E-state index in [2.05, 4.69) is 5.32 Å². The Labute approximate surface area is 81.7 Å². The van der Waals surface area contributed by atoms with E-state index in [1.165, 1.54) is 0 Å². The summed E-state index contributed by atoms with van der Waals surface area (Å²) in [4.78, 5) is 22.5. The second kappa shape index (κ2) is 2.70. The molecule has 2 aliphatic rings. The van der Waals surface area contributed by atoms with Crippen LogP contribution >= 0.6 is 0 Å². The molecule has 1 amide bonds. The van der Waals surface area contributed by atoms with Crippen LogP contribution in [0.3, 0.4) is 0 Å². The molecule has 0 radical (unpaired) electrons. The van der Waals surface area contributed by atoms with Crippen LogP contribution in [0.25, 0.3) is 0 Å². The first kappa shape index (κ1) is 9.45. The van der Waals surface area contributed by atoms with E-state index >= 15 is 0 Å². The van der Waals surface area contributed by atoms with Crippen molar-refractivity contribution in [1.29, 1.82) is 0 Å². The maximum Gasteiger partial charge on any atom is 0.329 e. The number of hydrogen-bond acceptors (Lipinski definition) is 3. The van der Waals surface area contributed by atoms with Crippen LogP contribution in [0.15, 0.2) is 0 Å². The fourth-order valence-electron chi connectivity index (χ4n) is 1.63. The topological polar surface area (TPSA) is 92.4 Å². The fourth-order valence-corrected chi connectivity index (χ4v) is 1.63. The largest absolute Gasteiger partial charge is 0.480 e. The Kier molecular flexibility index (Phi) is 1.82. The van der Waals surface area contributed by atoms with Crippen molar-refractivity contribution in [2.24, 2.45) is 5.73 Å². The molecule has 0 heterocycles. The molecule has 14 heavy (non-hydrogen) atoms. The number of rotatable bonds is 3. The highest BCUT2D eigenvalue weighted by molar-refractivity contribution is 5.94.